The Hall–Kier alpha value is -2.69. The van der Waals surface area contributed by atoms with E-state index in [2.05, 4.69) is 15.5 Å². The second-order valence-electron chi connectivity index (χ2n) is 5.91. The van der Waals surface area contributed by atoms with Crippen molar-refractivity contribution in [3.8, 4) is 11.5 Å². The molecule has 3 aromatic rings. The molecule has 8 nitrogen and oxygen atoms in total. The number of hydrogen-bond donors (Lipinski definition) is 1. The van der Waals surface area contributed by atoms with Crippen LogP contribution < -0.4 is 5.32 Å². The fraction of sp³-hybridized carbons (Fsp3) is 0.167. The molecule has 146 valence electrons. The van der Waals surface area contributed by atoms with Crippen LogP contribution in [0.15, 0.2) is 62.7 Å². The Bertz CT molecular complexity index is 1080. The number of aromatic nitrogens is 2. The zero-order chi connectivity index (χ0) is 20.3. The summed E-state index contributed by atoms with van der Waals surface area (Å²) in [4.78, 5) is 13.5. The lowest BCUT2D eigenvalue weighted by molar-refractivity contribution is 0.102. The molecular weight excluding hydrogens is 400 g/mol. The van der Waals surface area contributed by atoms with Crippen LogP contribution in [0.1, 0.15) is 10.4 Å². The second-order valence-corrected chi connectivity index (χ2v) is 8.94. The Morgan fingerprint density at radius 1 is 1.04 bits per heavy atom. The third-order valence-electron chi connectivity index (χ3n) is 3.88. The minimum absolute atomic E-state index is 0.0427. The molecule has 1 N–H and O–H groups in total. The lowest BCUT2D eigenvalue weighted by atomic mass is 10.2. The van der Waals surface area contributed by atoms with Crippen LogP contribution in [0, 0.1) is 0 Å². The SMILES string of the molecule is CSc1ccc(C(=O)Nc2nnc(-c3ccc(S(=O)(=O)N(C)C)cc3)o2)cc1. The van der Waals surface area contributed by atoms with Gasteiger partial charge in [0.2, 0.25) is 15.9 Å². The summed E-state index contributed by atoms with van der Waals surface area (Å²) in [5.41, 5.74) is 1.01. The largest absolute Gasteiger partial charge is 0.403 e. The summed E-state index contributed by atoms with van der Waals surface area (Å²) < 4.78 is 30.8. The van der Waals surface area contributed by atoms with Gasteiger partial charge in [-0.15, -0.1) is 16.9 Å². The molecule has 1 heterocycles. The zero-order valence-corrected chi connectivity index (χ0v) is 17.0. The number of amides is 1. The standard InChI is InChI=1S/C18H18N4O4S2/c1-22(2)28(24,25)15-10-6-13(7-11-15)17-20-21-18(26-17)19-16(23)12-4-8-14(27-3)9-5-12/h4-11H,1-3H3,(H,19,21,23). The van der Waals surface area contributed by atoms with Crippen molar-refractivity contribution in [3.63, 3.8) is 0 Å². The maximum atomic E-state index is 12.3. The van der Waals surface area contributed by atoms with Gasteiger partial charge in [0.05, 0.1) is 4.90 Å². The molecule has 3 rings (SSSR count). The summed E-state index contributed by atoms with van der Waals surface area (Å²) in [7, 11) is -0.588. The van der Waals surface area contributed by atoms with Gasteiger partial charge in [0.25, 0.3) is 5.91 Å². The van der Waals surface area contributed by atoms with Gasteiger partial charge in [-0.1, -0.05) is 5.10 Å². The molecule has 1 aromatic heterocycles. The lowest BCUT2D eigenvalue weighted by Crippen LogP contribution is -2.22. The van der Waals surface area contributed by atoms with Crippen LogP contribution in [0.4, 0.5) is 6.01 Å². The summed E-state index contributed by atoms with van der Waals surface area (Å²) in [6.45, 7) is 0. The number of rotatable bonds is 6. The fourth-order valence-electron chi connectivity index (χ4n) is 2.28. The van der Waals surface area contributed by atoms with Crippen molar-refractivity contribution in [2.24, 2.45) is 0 Å². The van der Waals surface area contributed by atoms with Crippen molar-refractivity contribution < 1.29 is 17.6 Å². The number of carbonyl (C=O) groups excluding carboxylic acids is 1. The van der Waals surface area contributed by atoms with Gasteiger partial charge in [-0.25, -0.2) is 12.7 Å². The number of thioether (sulfide) groups is 1. The summed E-state index contributed by atoms with van der Waals surface area (Å²) in [6.07, 6.45) is 1.96. The average molecular weight is 419 g/mol. The first-order valence-electron chi connectivity index (χ1n) is 8.13. The second kappa shape index (κ2) is 8.13. The van der Waals surface area contributed by atoms with Gasteiger partial charge >= 0.3 is 6.01 Å². The molecule has 0 aliphatic heterocycles. The summed E-state index contributed by atoms with van der Waals surface area (Å²) in [6, 6.07) is 13.1. The highest BCUT2D eigenvalue weighted by Gasteiger charge is 2.18. The molecule has 0 saturated carbocycles. The molecule has 0 fully saturated rings. The third kappa shape index (κ3) is 4.24. The van der Waals surface area contributed by atoms with Gasteiger partial charge in [-0.3, -0.25) is 10.1 Å². The van der Waals surface area contributed by atoms with E-state index in [4.69, 9.17) is 4.42 Å². The number of sulfonamides is 1. The predicted molar refractivity (Wildman–Crippen MR) is 107 cm³/mol. The molecule has 10 heteroatoms. The van der Waals surface area contributed by atoms with Gasteiger partial charge in [0.15, 0.2) is 0 Å². The summed E-state index contributed by atoms with van der Waals surface area (Å²) in [5, 5.41) is 10.3. The van der Waals surface area contributed by atoms with Crippen molar-refractivity contribution in [3.05, 3.63) is 54.1 Å². The highest BCUT2D eigenvalue weighted by atomic mass is 32.2. The van der Waals surface area contributed by atoms with E-state index in [9.17, 15) is 13.2 Å². The zero-order valence-electron chi connectivity index (χ0n) is 15.4. The van der Waals surface area contributed by atoms with Crippen molar-refractivity contribution in [2.45, 2.75) is 9.79 Å². The van der Waals surface area contributed by atoms with E-state index in [1.807, 2.05) is 18.4 Å². The minimum atomic E-state index is -3.51. The molecule has 0 aliphatic carbocycles. The molecule has 0 bridgehead atoms. The smallest absolute Gasteiger partial charge is 0.322 e. The molecular formula is C18H18N4O4S2. The first-order valence-corrected chi connectivity index (χ1v) is 10.8. The minimum Gasteiger partial charge on any atom is -0.403 e. The van der Waals surface area contributed by atoms with Gasteiger partial charge < -0.3 is 4.42 Å². The van der Waals surface area contributed by atoms with Crippen molar-refractivity contribution in [1.29, 1.82) is 0 Å². The van der Waals surface area contributed by atoms with E-state index < -0.39 is 10.0 Å². The van der Waals surface area contributed by atoms with Gasteiger partial charge in [0.1, 0.15) is 0 Å². The van der Waals surface area contributed by atoms with Gasteiger partial charge in [-0.2, -0.15) is 0 Å². The van der Waals surface area contributed by atoms with Crippen LogP contribution in [0.5, 0.6) is 0 Å². The van der Waals surface area contributed by atoms with E-state index in [-0.39, 0.29) is 22.7 Å². The Morgan fingerprint density at radius 2 is 1.68 bits per heavy atom. The van der Waals surface area contributed by atoms with Gasteiger partial charge in [-0.05, 0) is 54.8 Å². The van der Waals surface area contributed by atoms with E-state index >= 15 is 0 Å². The van der Waals surface area contributed by atoms with E-state index in [0.29, 0.717) is 11.1 Å². The number of carbonyl (C=O) groups is 1. The van der Waals surface area contributed by atoms with Crippen LogP contribution in [0.25, 0.3) is 11.5 Å². The molecule has 0 spiro atoms. The molecule has 1 amide bonds. The Kier molecular flexibility index (Phi) is 5.82. The quantitative estimate of drug-likeness (QED) is 0.614. The fourth-order valence-corrected chi connectivity index (χ4v) is 3.59. The monoisotopic (exact) mass is 418 g/mol. The normalized spacial score (nSPS) is 11.6. The Morgan fingerprint density at radius 3 is 2.25 bits per heavy atom. The van der Waals surface area contributed by atoms with Gasteiger partial charge in [0, 0.05) is 30.1 Å². The maximum Gasteiger partial charge on any atom is 0.322 e. The van der Waals surface area contributed by atoms with Crippen molar-refractivity contribution >= 4 is 33.7 Å². The van der Waals surface area contributed by atoms with E-state index in [1.54, 1.807) is 36.0 Å². The average Bonchev–Trinajstić information content (AvgIpc) is 3.16. The van der Waals surface area contributed by atoms with Crippen molar-refractivity contribution in [2.75, 3.05) is 25.7 Å². The Balaban J connectivity index is 1.74. The predicted octanol–water partition coefficient (Wildman–Crippen LogP) is 2.96. The number of anilines is 1. The van der Waals surface area contributed by atoms with E-state index in [1.165, 1.54) is 26.2 Å². The number of hydrogen-bond acceptors (Lipinski definition) is 7. The van der Waals surface area contributed by atoms with Crippen LogP contribution in [0.3, 0.4) is 0 Å². The Labute approximate surface area is 167 Å². The lowest BCUT2D eigenvalue weighted by Gasteiger charge is -2.11. The molecule has 2 aromatic carbocycles. The number of benzene rings is 2. The van der Waals surface area contributed by atoms with Crippen LogP contribution in [-0.2, 0) is 10.0 Å². The van der Waals surface area contributed by atoms with Crippen LogP contribution in [0.2, 0.25) is 0 Å². The maximum absolute atomic E-state index is 12.3. The molecule has 0 aliphatic rings. The summed E-state index contributed by atoms with van der Waals surface area (Å²) in [5.74, 6) is -0.197. The van der Waals surface area contributed by atoms with Crippen LogP contribution in [-0.4, -0.2) is 49.2 Å². The molecule has 0 unspecified atom stereocenters. The molecule has 28 heavy (non-hydrogen) atoms. The number of nitrogens with one attached hydrogen (secondary N) is 1. The van der Waals surface area contributed by atoms with Crippen LogP contribution >= 0.6 is 11.8 Å². The molecule has 0 saturated heterocycles. The molecule has 0 atom stereocenters. The first-order chi connectivity index (χ1) is 13.3. The van der Waals surface area contributed by atoms with Crippen molar-refractivity contribution in [1.82, 2.24) is 14.5 Å². The third-order valence-corrected chi connectivity index (χ3v) is 6.45. The topological polar surface area (TPSA) is 105 Å². The highest BCUT2D eigenvalue weighted by molar-refractivity contribution is 7.98. The van der Waals surface area contributed by atoms with E-state index in [0.717, 1.165) is 9.20 Å². The summed E-state index contributed by atoms with van der Waals surface area (Å²) >= 11 is 1.59. The number of nitrogens with zero attached hydrogens (tertiary/aromatic N) is 3. The first kappa shape index (κ1) is 20.1. The molecule has 0 radical (unpaired) electrons. The highest BCUT2D eigenvalue weighted by Crippen LogP contribution is 2.23.